The first kappa shape index (κ1) is 15.5. The molecule has 116 valence electrons. The van der Waals surface area contributed by atoms with Crippen molar-refractivity contribution in [1.82, 2.24) is 15.3 Å². The number of hydrogen-bond donors (Lipinski definition) is 2. The molecule has 1 aromatic rings. The molecule has 0 aromatic carbocycles. The van der Waals surface area contributed by atoms with Gasteiger partial charge in [-0.25, -0.2) is 9.97 Å². The maximum absolute atomic E-state index is 12.2. The first-order valence-electron chi connectivity index (χ1n) is 7.25. The third kappa shape index (κ3) is 2.66. The summed E-state index contributed by atoms with van der Waals surface area (Å²) in [6.07, 6.45) is 0. The van der Waals surface area contributed by atoms with Gasteiger partial charge in [0.05, 0.1) is 0 Å². The normalized spacial score (nSPS) is 18.6. The molecule has 0 radical (unpaired) electrons. The van der Waals surface area contributed by atoms with Gasteiger partial charge in [-0.05, 0) is 20.8 Å². The molecule has 1 aliphatic heterocycles. The Bertz CT molecular complexity index is 574. The lowest BCUT2D eigenvalue weighted by atomic mass is 9.95. The molecule has 1 amide bonds. The average molecular weight is 291 g/mol. The van der Waals surface area contributed by atoms with Crippen LogP contribution < -0.4 is 16.0 Å². The number of amides is 1. The Morgan fingerprint density at radius 3 is 2.48 bits per heavy atom. The lowest BCUT2D eigenvalue weighted by molar-refractivity contribution is -0.126. The van der Waals surface area contributed by atoms with E-state index < -0.39 is 5.54 Å². The summed E-state index contributed by atoms with van der Waals surface area (Å²) < 4.78 is 0. The molecule has 0 spiro atoms. The molecule has 0 atom stereocenters. The predicted molar refractivity (Wildman–Crippen MR) is 84.3 cm³/mol. The molecule has 3 N–H and O–H groups in total. The minimum atomic E-state index is -0.654. The molecule has 0 bridgehead atoms. The first-order chi connectivity index (χ1) is 9.55. The second kappa shape index (κ2) is 4.86. The summed E-state index contributed by atoms with van der Waals surface area (Å²) in [5, 5.41) is 2.90. The number of nitrogens with zero attached hydrogens (tertiary/aromatic N) is 3. The maximum atomic E-state index is 12.2. The fourth-order valence-corrected chi connectivity index (χ4v) is 2.39. The topological polar surface area (TPSA) is 84.1 Å². The quantitative estimate of drug-likeness (QED) is 0.816. The average Bonchev–Trinajstić information content (AvgIpc) is 2.35. The van der Waals surface area contributed by atoms with Crippen LogP contribution >= 0.6 is 0 Å². The fraction of sp³-hybridized carbons (Fsp3) is 0.667. The van der Waals surface area contributed by atoms with Gasteiger partial charge in [0.1, 0.15) is 23.0 Å². The molecule has 2 heterocycles. The predicted octanol–water partition coefficient (Wildman–Crippen LogP) is 1.38. The largest absolute Gasteiger partial charge is 0.383 e. The van der Waals surface area contributed by atoms with Gasteiger partial charge in [-0.15, -0.1) is 0 Å². The van der Waals surface area contributed by atoms with Crippen LogP contribution in [-0.4, -0.2) is 34.5 Å². The molecule has 1 fully saturated rings. The van der Waals surface area contributed by atoms with Gasteiger partial charge in [-0.3, -0.25) is 4.79 Å². The van der Waals surface area contributed by atoms with Crippen LogP contribution in [0.4, 0.5) is 11.6 Å². The van der Waals surface area contributed by atoms with Gasteiger partial charge in [0.25, 0.3) is 0 Å². The van der Waals surface area contributed by atoms with E-state index >= 15 is 0 Å². The Kier molecular flexibility index (Phi) is 3.59. The lowest BCUT2D eigenvalue weighted by Gasteiger charge is -2.43. The number of nitrogens with two attached hydrogens (primary N) is 1. The molecule has 1 aliphatic rings. The van der Waals surface area contributed by atoms with Crippen LogP contribution in [0.2, 0.25) is 0 Å². The molecule has 21 heavy (non-hydrogen) atoms. The van der Waals surface area contributed by atoms with Gasteiger partial charge in [-0.2, -0.15) is 0 Å². The van der Waals surface area contributed by atoms with Gasteiger partial charge in [-0.1, -0.05) is 20.8 Å². The Labute approximate surface area is 126 Å². The number of nitrogens with one attached hydrogen (secondary N) is 1. The molecular formula is C15H25N5O. The number of hydrogen-bond acceptors (Lipinski definition) is 5. The van der Waals surface area contributed by atoms with E-state index in [1.165, 1.54) is 0 Å². The highest BCUT2D eigenvalue weighted by Crippen LogP contribution is 2.31. The second-order valence-electron chi connectivity index (χ2n) is 7.10. The van der Waals surface area contributed by atoms with Crippen LogP contribution in [-0.2, 0) is 10.2 Å². The van der Waals surface area contributed by atoms with Gasteiger partial charge in [0.2, 0.25) is 5.91 Å². The molecule has 0 saturated carbocycles. The minimum Gasteiger partial charge on any atom is -0.383 e. The zero-order valence-electron chi connectivity index (χ0n) is 13.7. The Hall–Kier alpha value is -1.85. The Morgan fingerprint density at radius 2 is 1.90 bits per heavy atom. The van der Waals surface area contributed by atoms with E-state index in [-0.39, 0.29) is 11.3 Å². The number of nitrogen functional groups attached to an aromatic ring is 1. The van der Waals surface area contributed by atoms with Crippen molar-refractivity contribution in [3.63, 3.8) is 0 Å². The van der Waals surface area contributed by atoms with E-state index in [4.69, 9.17) is 10.7 Å². The van der Waals surface area contributed by atoms with E-state index in [1.54, 1.807) is 0 Å². The monoisotopic (exact) mass is 291 g/mol. The van der Waals surface area contributed by atoms with Crippen molar-refractivity contribution in [3.8, 4) is 0 Å². The van der Waals surface area contributed by atoms with Crippen LogP contribution in [0.1, 0.15) is 46.0 Å². The minimum absolute atomic E-state index is 0.00245. The second-order valence-corrected chi connectivity index (χ2v) is 7.10. The molecule has 0 unspecified atom stereocenters. The number of carbonyl (C=O) groups excluding carboxylic acids is 1. The van der Waals surface area contributed by atoms with Crippen molar-refractivity contribution in [1.29, 1.82) is 0 Å². The fourth-order valence-electron chi connectivity index (χ4n) is 2.39. The van der Waals surface area contributed by atoms with Crippen LogP contribution in [0.25, 0.3) is 0 Å². The lowest BCUT2D eigenvalue weighted by Crippen LogP contribution is -2.62. The van der Waals surface area contributed by atoms with E-state index in [9.17, 15) is 4.79 Å². The molecule has 6 heteroatoms. The third-order valence-corrected chi connectivity index (χ3v) is 3.94. The van der Waals surface area contributed by atoms with E-state index in [2.05, 4.69) is 31.1 Å². The summed E-state index contributed by atoms with van der Waals surface area (Å²) in [5.74, 6) is 1.93. The van der Waals surface area contributed by atoms with Crippen molar-refractivity contribution in [2.24, 2.45) is 0 Å². The highest BCUT2D eigenvalue weighted by molar-refractivity contribution is 5.90. The summed E-state index contributed by atoms with van der Waals surface area (Å²) >= 11 is 0. The third-order valence-electron chi connectivity index (χ3n) is 3.94. The molecular weight excluding hydrogens is 266 g/mol. The zero-order chi connectivity index (χ0) is 16.0. The molecule has 2 rings (SSSR count). The number of carbonyl (C=O) groups is 1. The molecule has 6 nitrogen and oxygen atoms in total. The Morgan fingerprint density at radius 1 is 1.29 bits per heavy atom. The number of anilines is 2. The number of piperazine rings is 1. The Balaban J connectivity index is 2.57. The van der Waals surface area contributed by atoms with Crippen molar-refractivity contribution >= 4 is 17.5 Å². The summed E-state index contributed by atoms with van der Waals surface area (Å²) in [6.45, 7) is 13.2. The van der Waals surface area contributed by atoms with Gasteiger partial charge in [0.15, 0.2) is 0 Å². The standard InChI is InChI=1S/C15H25N5O/c1-9-10(16)18-12(14(2,3)4)19-11(9)20-8-7-17-13(21)15(20,5)6/h7-8H2,1-6H3,(H,17,21)(H2,16,18,19). The summed E-state index contributed by atoms with van der Waals surface area (Å²) in [6, 6.07) is 0. The van der Waals surface area contributed by atoms with Crippen molar-refractivity contribution in [2.75, 3.05) is 23.7 Å². The van der Waals surface area contributed by atoms with Gasteiger partial charge >= 0.3 is 0 Å². The summed E-state index contributed by atoms with van der Waals surface area (Å²) in [4.78, 5) is 23.3. The SMILES string of the molecule is Cc1c(N)nc(C(C)(C)C)nc1N1CCNC(=O)C1(C)C. The zero-order valence-corrected chi connectivity index (χ0v) is 13.7. The van der Waals surface area contributed by atoms with Crippen LogP contribution in [0.15, 0.2) is 0 Å². The van der Waals surface area contributed by atoms with E-state index in [0.29, 0.717) is 24.7 Å². The highest BCUT2D eigenvalue weighted by Gasteiger charge is 2.39. The smallest absolute Gasteiger partial charge is 0.245 e. The van der Waals surface area contributed by atoms with Gasteiger partial charge < -0.3 is 16.0 Å². The van der Waals surface area contributed by atoms with Crippen LogP contribution in [0.3, 0.4) is 0 Å². The highest BCUT2D eigenvalue weighted by atomic mass is 16.2. The summed E-state index contributed by atoms with van der Waals surface area (Å²) in [5.41, 5.74) is 6.05. The maximum Gasteiger partial charge on any atom is 0.245 e. The van der Waals surface area contributed by atoms with Crippen LogP contribution in [0, 0.1) is 6.92 Å². The van der Waals surface area contributed by atoms with Crippen molar-refractivity contribution in [2.45, 2.75) is 52.5 Å². The molecule has 0 aliphatic carbocycles. The first-order valence-corrected chi connectivity index (χ1v) is 7.25. The number of aromatic nitrogens is 2. The van der Waals surface area contributed by atoms with Crippen LogP contribution in [0.5, 0.6) is 0 Å². The van der Waals surface area contributed by atoms with E-state index in [1.807, 2.05) is 25.7 Å². The molecule has 1 aromatic heterocycles. The number of rotatable bonds is 1. The summed E-state index contributed by atoms with van der Waals surface area (Å²) in [7, 11) is 0. The van der Waals surface area contributed by atoms with Crippen molar-refractivity contribution in [3.05, 3.63) is 11.4 Å². The van der Waals surface area contributed by atoms with Gasteiger partial charge in [0, 0.05) is 24.1 Å². The van der Waals surface area contributed by atoms with Crippen molar-refractivity contribution < 1.29 is 4.79 Å². The molecule has 1 saturated heterocycles. The van der Waals surface area contributed by atoms with E-state index in [0.717, 1.165) is 11.4 Å².